The van der Waals surface area contributed by atoms with Crippen molar-refractivity contribution >= 4 is 0 Å². The number of nitrogens with two attached hydrogens (primary N) is 1. The Morgan fingerprint density at radius 3 is 2.12 bits per heavy atom. The molecule has 0 aromatic rings. The molecule has 2 N–H and O–H groups in total. The average Bonchev–Trinajstić information content (AvgIpc) is 3.05. The first-order valence-electron chi connectivity index (χ1n) is 7.09. The van der Waals surface area contributed by atoms with E-state index < -0.39 is 0 Å². The van der Waals surface area contributed by atoms with Crippen molar-refractivity contribution < 1.29 is 0 Å². The highest BCUT2D eigenvalue weighted by Gasteiger charge is 2.39. The summed E-state index contributed by atoms with van der Waals surface area (Å²) in [6.45, 7) is 3.33. The highest BCUT2D eigenvalue weighted by molar-refractivity contribution is 4.97. The van der Waals surface area contributed by atoms with Crippen LogP contribution in [0.3, 0.4) is 0 Å². The van der Waals surface area contributed by atoms with Crippen LogP contribution in [0.4, 0.5) is 0 Å². The molecule has 2 rings (SSSR count). The summed E-state index contributed by atoms with van der Waals surface area (Å²) in [4.78, 5) is 2.55. The first kappa shape index (κ1) is 12.4. The van der Waals surface area contributed by atoms with E-state index in [4.69, 9.17) is 5.73 Å². The molecule has 2 aliphatic carbocycles. The lowest BCUT2D eigenvalue weighted by atomic mass is 9.95. The fraction of sp³-hybridized carbons (Fsp3) is 1.00. The van der Waals surface area contributed by atoms with Gasteiger partial charge < -0.3 is 10.6 Å². The molecule has 0 amide bonds. The maximum Gasteiger partial charge on any atom is 0.0283 e. The minimum Gasteiger partial charge on any atom is -0.324 e. The third-order valence-electron chi connectivity index (χ3n) is 4.55. The van der Waals surface area contributed by atoms with Crippen LogP contribution in [0.15, 0.2) is 0 Å². The molecular weight excluding hydrogens is 196 g/mol. The molecule has 0 spiro atoms. The van der Waals surface area contributed by atoms with E-state index >= 15 is 0 Å². The van der Waals surface area contributed by atoms with Crippen molar-refractivity contribution in [3.8, 4) is 0 Å². The number of hydrogen-bond donors (Lipinski definition) is 1. The number of nitrogens with zero attached hydrogens (tertiary/aromatic N) is 1. The zero-order valence-electron chi connectivity index (χ0n) is 11.0. The van der Waals surface area contributed by atoms with Gasteiger partial charge in [0.1, 0.15) is 0 Å². The standard InChI is InChI=1S/C14H28N2/c1-14(15,12-9-10-12)11-16(2)13-7-5-3-4-6-8-13/h12-13H,3-11,15H2,1-2H3. The lowest BCUT2D eigenvalue weighted by Crippen LogP contribution is -2.51. The third kappa shape index (κ3) is 3.21. The Hall–Kier alpha value is -0.0800. The molecule has 0 aromatic heterocycles. The van der Waals surface area contributed by atoms with Gasteiger partial charge >= 0.3 is 0 Å². The van der Waals surface area contributed by atoms with E-state index in [2.05, 4.69) is 18.9 Å². The summed E-state index contributed by atoms with van der Waals surface area (Å²) in [6, 6.07) is 0.795. The SMILES string of the molecule is CN(CC(C)(N)C1CC1)C1CCCCCC1. The van der Waals surface area contributed by atoms with Crippen LogP contribution < -0.4 is 5.73 Å². The number of rotatable bonds is 4. The van der Waals surface area contributed by atoms with Gasteiger partial charge in [-0.25, -0.2) is 0 Å². The average molecular weight is 224 g/mol. The van der Waals surface area contributed by atoms with E-state index in [0.29, 0.717) is 0 Å². The summed E-state index contributed by atoms with van der Waals surface area (Å²) in [7, 11) is 2.28. The Balaban J connectivity index is 1.83. The van der Waals surface area contributed by atoms with Crippen molar-refractivity contribution in [1.82, 2.24) is 4.90 Å². The van der Waals surface area contributed by atoms with Crippen LogP contribution in [0, 0.1) is 5.92 Å². The van der Waals surface area contributed by atoms with Crippen molar-refractivity contribution in [3.05, 3.63) is 0 Å². The largest absolute Gasteiger partial charge is 0.324 e. The van der Waals surface area contributed by atoms with Crippen molar-refractivity contribution in [2.75, 3.05) is 13.6 Å². The minimum atomic E-state index is 0.0566. The van der Waals surface area contributed by atoms with E-state index in [1.165, 1.54) is 51.4 Å². The van der Waals surface area contributed by atoms with Gasteiger partial charge in [0.05, 0.1) is 0 Å². The lowest BCUT2D eigenvalue weighted by molar-refractivity contribution is 0.168. The van der Waals surface area contributed by atoms with Gasteiger partial charge in [0, 0.05) is 18.1 Å². The van der Waals surface area contributed by atoms with E-state index in [0.717, 1.165) is 18.5 Å². The second-order valence-corrected chi connectivity index (χ2v) is 6.34. The normalized spacial score (nSPS) is 27.8. The van der Waals surface area contributed by atoms with Gasteiger partial charge in [0.2, 0.25) is 0 Å². The fourth-order valence-electron chi connectivity index (χ4n) is 3.24. The highest BCUT2D eigenvalue weighted by Crippen LogP contribution is 2.38. The van der Waals surface area contributed by atoms with Gasteiger partial charge in [-0.1, -0.05) is 25.7 Å². The van der Waals surface area contributed by atoms with Gasteiger partial charge in [0.15, 0.2) is 0 Å². The third-order valence-corrected chi connectivity index (χ3v) is 4.55. The monoisotopic (exact) mass is 224 g/mol. The van der Waals surface area contributed by atoms with Crippen LogP contribution in [-0.4, -0.2) is 30.1 Å². The molecule has 0 aromatic carbocycles. The van der Waals surface area contributed by atoms with Gasteiger partial charge in [-0.3, -0.25) is 0 Å². The van der Waals surface area contributed by atoms with E-state index in [-0.39, 0.29) is 5.54 Å². The Morgan fingerprint density at radius 1 is 1.06 bits per heavy atom. The predicted octanol–water partition coefficient (Wildman–Crippen LogP) is 2.77. The lowest BCUT2D eigenvalue weighted by Gasteiger charge is -2.35. The van der Waals surface area contributed by atoms with Crippen LogP contribution in [0.2, 0.25) is 0 Å². The maximum atomic E-state index is 6.43. The Kier molecular flexibility index (Phi) is 3.91. The van der Waals surface area contributed by atoms with Crippen molar-refractivity contribution in [3.63, 3.8) is 0 Å². The second-order valence-electron chi connectivity index (χ2n) is 6.34. The molecule has 0 bridgehead atoms. The Morgan fingerprint density at radius 2 is 1.62 bits per heavy atom. The van der Waals surface area contributed by atoms with E-state index in [1.54, 1.807) is 0 Å². The van der Waals surface area contributed by atoms with Crippen molar-refractivity contribution in [2.45, 2.75) is 69.9 Å². The summed E-state index contributed by atoms with van der Waals surface area (Å²) < 4.78 is 0. The number of hydrogen-bond acceptors (Lipinski definition) is 2. The van der Waals surface area contributed by atoms with Crippen LogP contribution >= 0.6 is 0 Å². The molecular formula is C14H28N2. The molecule has 94 valence electrons. The van der Waals surface area contributed by atoms with Gasteiger partial charge in [-0.05, 0) is 45.6 Å². The molecule has 1 atom stereocenters. The van der Waals surface area contributed by atoms with Crippen molar-refractivity contribution in [1.29, 1.82) is 0 Å². The summed E-state index contributed by atoms with van der Waals surface area (Å²) in [6.07, 6.45) is 11.2. The molecule has 2 nitrogen and oxygen atoms in total. The molecule has 0 aliphatic heterocycles. The summed E-state index contributed by atoms with van der Waals surface area (Å²) in [5.74, 6) is 0.792. The molecule has 0 heterocycles. The summed E-state index contributed by atoms with van der Waals surface area (Å²) in [5.41, 5.74) is 6.48. The zero-order valence-corrected chi connectivity index (χ0v) is 11.0. The second kappa shape index (κ2) is 5.05. The molecule has 0 saturated heterocycles. The van der Waals surface area contributed by atoms with Gasteiger partial charge in [-0.15, -0.1) is 0 Å². The van der Waals surface area contributed by atoms with Crippen molar-refractivity contribution in [2.24, 2.45) is 11.7 Å². The molecule has 2 saturated carbocycles. The smallest absolute Gasteiger partial charge is 0.0283 e. The summed E-state index contributed by atoms with van der Waals surface area (Å²) in [5, 5.41) is 0. The molecule has 2 heteroatoms. The first-order chi connectivity index (χ1) is 7.59. The molecule has 16 heavy (non-hydrogen) atoms. The van der Waals surface area contributed by atoms with E-state index in [1.807, 2.05) is 0 Å². The Labute approximate surface area is 101 Å². The van der Waals surface area contributed by atoms with Crippen LogP contribution in [-0.2, 0) is 0 Å². The molecule has 2 aliphatic rings. The first-order valence-corrected chi connectivity index (χ1v) is 7.09. The molecule has 0 radical (unpaired) electrons. The van der Waals surface area contributed by atoms with Crippen LogP contribution in [0.1, 0.15) is 58.3 Å². The quantitative estimate of drug-likeness (QED) is 0.744. The maximum absolute atomic E-state index is 6.43. The fourth-order valence-corrected chi connectivity index (χ4v) is 3.24. The topological polar surface area (TPSA) is 29.3 Å². The predicted molar refractivity (Wildman–Crippen MR) is 69.4 cm³/mol. The van der Waals surface area contributed by atoms with Crippen LogP contribution in [0.25, 0.3) is 0 Å². The number of likely N-dealkylation sites (N-methyl/N-ethyl adjacent to an activating group) is 1. The summed E-state index contributed by atoms with van der Waals surface area (Å²) >= 11 is 0. The molecule has 2 fully saturated rings. The zero-order chi connectivity index (χ0) is 11.6. The van der Waals surface area contributed by atoms with E-state index in [9.17, 15) is 0 Å². The van der Waals surface area contributed by atoms with Crippen LogP contribution in [0.5, 0.6) is 0 Å². The van der Waals surface area contributed by atoms with Gasteiger partial charge in [0.25, 0.3) is 0 Å². The molecule has 1 unspecified atom stereocenters. The highest BCUT2D eigenvalue weighted by atomic mass is 15.2. The minimum absolute atomic E-state index is 0.0566. The Bertz CT molecular complexity index is 213. The van der Waals surface area contributed by atoms with Gasteiger partial charge in [-0.2, -0.15) is 0 Å².